The summed E-state index contributed by atoms with van der Waals surface area (Å²) in [6.07, 6.45) is 0. The first-order valence-corrected chi connectivity index (χ1v) is 6.30. The molecular formula is C16H13ClN2O. The first kappa shape index (κ1) is 8.22. The minimum absolute atomic E-state index is 0.0439. The highest BCUT2D eigenvalue weighted by Gasteiger charge is 2.22. The number of carbonyl (C=O) groups is 1. The van der Waals surface area contributed by atoms with Crippen LogP contribution in [0.2, 0.25) is 5.02 Å². The molecule has 20 heavy (non-hydrogen) atoms. The van der Waals surface area contributed by atoms with Crippen molar-refractivity contribution in [3.05, 3.63) is 64.6 Å². The summed E-state index contributed by atoms with van der Waals surface area (Å²) in [5.41, 5.74) is 1.07. The number of benzene rings is 2. The number of aliphatic imine (C=N–C) groups is 1. The molecule has 0 aliphatic carbocycles. The fraction of sp³-hybridized carbons (Fsp3) is 0.125. The number of halogens is 1. The number of anilines is 1. The fourth-order valence-corrected chi connectivity index (χ4v) is 2.22. The second kappa shape index (κ2) is 5.10. The molecule has 1 amide bonds. The summed E-state index contributed by atoms with van der Waals surface area (Å²) in [5.74, 6) is -0.272. The Labute approximate surface area is 129 Å². The van der Waals surface area contributed by atoms with Crippen molar-refractivity contribution >= 4 is 28.9 Å². The van der Waals surface area contributed by atoms with Gasteiger partial charge in [0.2, 0.25) is 5.91 Å². The molecule has 3 nitrogen and oxygen atoms in total. The Morgan fingerprint density at radius 3 is 2.80 bits per heavy atom. The highest BCUT2D eigenvalue weighted by Crippen LogP contribution is 2.28. The molecule has 0 radical (unpaired) electrons. The third kappa shape index (κ3) is 2.21. The van der Waals surface area contributed by atoms with Crippen LogP contribution in [0.3, 0.4) is 0 Å². The van der Waals surface area contributed by atoms with E-state index in [0.717, 1.165) is 0 Å². The number of amides is 1. The van der Waals surface area contributed by atoms with E-state index < -0.39 is 18.1 Å². The Hall–Kier alpha value is -2.13. The highest BCUT2D eigenvalue weighted by molar-refractivity contribution is 6.32. The first-order chi connectivity index (χ1) is 11.7. The van der Waals surface area contributed by atoms with Gasteiger partial charge in [-0.05, 0) is 18.2 Å². The molecule has 1 aliphatic rings. The topological polar surface area (TPSA) is 32.7 Å². The van der Waals surface area contributed by atoms with Crippen LogP contribution in [-0.2, 0) is 4.79 Å². The van der Waals surface area contributed by atoms with Gasteiger partial charge in [-0.15, -0.1) is 0 Å². The Balaban J connectivity index is 2.38. The maximum atomic E-state index is 12.2. The molecule has 0 spiro atoms. The quantitative estimate of drug-likeness (QED) is 0.794. The van der Waals surface area contributed by atoms with Crippen LogP contribution >= 0.6 is 11.6 Å². The monoisotopic (exact) mass is 289 g/mol. The van der Waals surface area contributed by atoms with Gasteiger partial charge in [0.25, 0.3) is 0 Å². The third-order valence-corrected chi connectivity index (χ3v) is 3.29. The van der Waals surface area contributed by atoms with Crippen LogP contribution in [0.15, 0.2) is 53.4 Å². The van der Waals surface area contributed by atoms with Crippen LogP contribution in [-0.4, -0.2) is 25.2 Å². The van der Waals surface area contributed by atoms with Crippen molar-refractivity contribution in [2.45, 2.75) is 0 Å². The van der Waals surface area contributed by atoms with Crippen LogP contribution in [0.1, 0.15) is 18.0 Å². The average Bonchev–Trinajstić information content (AvgIpc) is 2.70. The molecule has 0 unspecified atom stereocenters. The molecule has 0 aromatic heterocycles. The van der Waals surface area contributed by atoms with Crippen LogP contribution in [0.5, 0.6) is 0 Å². The van der Waals surface area contributed by atoms with Crippen LogP contribution in [0, 0.1) is 0 Å². The number of benzodiazepines with no additional fused rings is 1. The van der Waals surface area contributed by atoms with Gasteiger partial charge in [0.1, 0.15) is 6.54 Å². The van der Waals surface area contributed by atoms with E-state index >= 15 is 0 Å². The fourth-order valence-electron chi connectivity index (χ4n) is 2.04. The van der Waals surface area contributed by atoms with E-state index in [1.54, 1.807) is 25.2 Å². The average molecular weight is 290 g/mol. The summed E-state index contributed by atoms with van der Waals surface area (Å²) >= 11 is 6.08. The van der Waals surface area contributed by atoms with Gasteiger partial charge in [-0.25, -0.2) is 0 Å². The van der Waals surface area contributed by atoms with Gasteiger partial charge in [0.05, 0.1) is 18.3 Å². The number of likely N-dealkylation sites (N-methyl/N-ethyl adjacent to an activating group) is 1. The first-order valence-electron chi connectivity index (χ1n) is 8.42. The van der Waals surface area contributed by atoms with Gasteiger partial charge in [0, 0.05) is 23.2 Å². The molecule has 1 aliphatic heterocycles. The number of hydrogen-bond donors (Lipinski definition) is 0. The minimum Gasteiger partial charge on any atom is -0.313 e. The zero-order chi connectivity index (χ0) is 18.5. The van der Waals surface area contributed by atoms with Crippen molar-refractivity contribution < 1.29 is 11.6 Å². The lowest BCUT2D eigenvalue weighted by Crippen LogP contribution is -2.27. The summed E-state index contributed by atoms with van der Waals surface area (Å²) in [6, 6.07) is 2.72. The molecule has 0 N–H and O–H groups in total. The molecule has 3 rings (SSSR count). The van der Waals surface area contributed by atoms with Gasteiger partial charge in [-0.1, -0.05) is 41.8 Å². The SMILES string of the molecule is [2H]c1c([2H])c([2H])c(C2=NCC(=O)N(C)c3ccc(Cl)cc32)c([2H])c1[2H]. The second-order valence-corrected chi connectivity index (χ2v) is 4.72. The lowest BCUT2D eigenvalue weighted by atomic mass is 10.0. The molecular weight excluding hydrogens is 272 g/mol. The summed E-state index contributed by atoms with van der Waals surface area (Å²) in [5, 5.41) is 0.390. The van der Waals surface area contributed by atoms with E-state index in [0.29, 0.717) is 16.3 Å². The van der Waals surface area contributed by atoms with Crippen molar-refractivity contribution in [3.8, 4) is 0 Å². The predicted octanol–water partition coefficient (Wildman–Crippen LogP) is 3.15. The molecule has 0 saturated heterocycles. The number of rotatable bonds is 1. The molecule has 1 heterocycles. The summed E-state index contributed by atoms with van der Waals surface area (Å²) in [7, 11) is 1.59. The highest BCUT2D eigenvalue weighted by atomic mass is 35.5. The summed E-state index contributed by atoms with van der Waals surface area (Å²) in [6.45, 7) is -0.194. The lowest BCUT2D eigenvalue weighted by molar-refractivity contribution is -0.116. The van der Waals surface area contributed by atoms with Crippen molar-refractivity contribution in [1.82, 2.24) is 0 Å². The normalized spacial score (nSPS) is 18.1. The maximum Gasteiger partial charge on any atom is 0.248 e. The maximum absolute atomic E-state index is 12.2. The Morgan fingerprint density at radius 2 is 2.05 bits per heavy atom. The number of nitrogens with zero attached hydrogens (tertiary/aromatic N) is 2. The predicted molar refractivity (Wildman–Crippen MR) is 81.8 cm³/mol. The Kier molecular flexibility index (Phi) is 2.10. The van der Waals surface area contributed by atoms with Gasteiger partial charge in [-0.2, -0.15) is 0 Å². The molecule has 0 fully saturated rings. The molecule has 100 valence electrons. The summed E-state index contributed by atoms with van der Waals surface area (Å²) in [4.78, 5) is 17.8. The van der Waals surface area contributed by atoms with Crippen molar-refractivity contribution in [3.63, 3.8) is 0 Å². The second-order valence-electron chi connectivity index (χ2n) is 4.28. The molecule has 0 atom stereocenters. The van der Waals surface area contributed by atoms with Gasteiger partial charge < -0.3 is 4.90 Å². The van der Waals surface area contributed by atoms with Gasteiger partial charge >= 0.3 is 0 Å². The zero-order valence-electron chi connectivity index (χ0n) is 15.6. The van der Waals surface area contributed by atoms with E-state index in [4.69, 9.17) is 18.5 Å². The van der Waals surface area contributed by atoms with E-state index in [1.807, 2.05) is 0 Å². The summed E-state index contributed by atoms with van der Waals surface area (Å²) < 4.78 is 39.7. The number of carbonyl (C=O) groups excluding carboxylic acids is 1. The minimum atomic E-state index is -0.479. The third-order valence-electron chi connectivity index (χ3n) is 3.06. The smallest absolute Gasteiger partial charge is 0.248 e. The van der Waals surface area contributed by atoms with E-state index in [2.05, 4.69) is 4.99 Å². The van der Waals surface area contributed by atoms with Crippen LogP contribution in [0.4, 0.5) is 5.69 Å². The van der Waals surface area contributed by atoms with Crippen molar-refractivity contribution in [1.29, 1.82) is 0 Å². The van der Waals surface area contributed by atoms with Gasteiger partial charge in [-0.3, -0.25) is 9.79 Å². The Morgan fingerprint density at radius 1 is 1.30 bits per heavy atom. The number of hydrogen-bond acceptors (Lipinski definition) is 2. The molecule has 2 aromatic carbocycles. The van der Waals surface area contributed by atoms with Gasteiger partial charge in [0.15, 0.2) is 0 Å². The van der Waals surface area contributed by atoms with E-state index in [9.17, 15) is 4.79 Å². The van der Waals surface area contributed by atoms with Crippen molar-refractivity contribution in [2.24, 2.45) is 4.99 Å². The molecule has 2 aromatic rings. The number of fused-ring (bicyclic) bond motifs is 1. The van der Waals surface area contributed by atoms with E-state index in [1.165, 1.54) is 4.90 Å². The largest absolute Gasteiger partial charge is 0.313 e. The lowest BCUT2D eigenvalue weighted by Gasteiger charge is -2.18. The van der Waals surface area contributed by atoms with Crippen molar-refractivity contribution in [2.75, 3.05) is 18.5 Å². The van der Waals surface area contributed by atoms with Crippen LogP contribution < -0.4 is 4.90 Å². The van der Waals surface area contributed by atoms with E-state index in [-0.39, 0.29) is 35.8 Å². The van der Waals surface area contributed by atoms with Crippen LogP contribution in [0.25, 0.3) is 0 Å². The molecule has 0 saturated carbocycles. The Bertz CT molecular complexity index is 916. The molecule has 4 heteroatoms. The molecule has 0 bridgehead atoms. The zero-order valence-corrected chi connectivity index (χ0v) is 11.4. The standard InChI is InChI=1S/C16H13ClN2O/c1-19-14-8-7-12(17)9-13(14)16(18-10-15(19)20)11-5-3-2-4-6-11/h2-9H,10H2,1H3/i2D,3D,4D,5D,6D.